The van der Waals surface area contributed by atoms with Gasteiger partial charge in [-0.25, -0.2) is 10.0 Å². The molecule has 6 heteroatoms. The van der Waals surface area contributed by atoms with Gasteiger partial charge in [-0.15, -0.1) is 11.8 Å². The van der Waals surface area contributed by atoms with Gasteiger partial charge < -0.3 is 10.8 Å². The number of benzene rings is 2. The molecule has 164 valence electrons. The van der Waals surface area contributed by atoms with Gasteiger partial charge in [0.05, 0.1) is 0 Å². The van der Waals surface area contributed by atoms with Gasteiger partial charge in [-0.3, -0.25) is 4.79 Å². The van der Waals surface area contributed by atoms with Crippen molar-refractivity contribution in [3.63, 3.8) is 0 Å². The molecular weight excluding hydrogens is 394 g/mol. The van der Waals surface area contributed by atoms with Crippen molar-refractivity contribution in [1.82, 2.24) is 5.43 Å². The van der Waals surface area contributed by atoms with Crippen molar-refractivity contribution in [3.05, 3.63) is 42.5 Å². The maximum atomic E-state index is 12.7. The number of fused-ring (bicyclic) bond motifs is 1. The van der Waals surface area contributed by atoms with Gasteiger partial charge in [-0.2, -0.15) is 0 Å². The number of aliphatic hydroxyl groups excluding tert-OH is 1. The van der Waals surface area contributed by atoms with Crippen LogP contribution >= 0.6 is 11.8 Å². The number of amides is 1. The summed E-state index contributed by atoms with van der Waals surface area (Å²) in [5.74, 6) is 0.655. The zero-order valence-electron chi connectivity index (χ0n) is 18.4. The SMILES string of the molecule is CC(C)(C)C(=O)N[N+]1(C[C@H](O)[C@H](N)CSc2ccc3ccccc3c2)CCCCC1. The molecule has 5 nitrogen and oxygen atoms in total. The van der Waals surface area contributed by atoms with Gasteiger partial charge in [0.15, 0.2) is 0 Å². The van der Waals surface area contributed by atoms with E-state index in [2.05, 4.69) is 35.8 Å². The number of nitrogens with one attached hydrogen (secondary N) is 1. The highest BCUT2D eigenvalue weighted by atomic mass is 32.2. The molecule has 0 aliphatic carbocycles. The summed E-state index contributed by atoms with van der Waals surface area (Å²) in [7, 11) is 0. The second kappa shape index (κ2) is 9.69. The van der Waals surface area contributed by atoms with E-state index in [4.69, 9.17) is 5.73 Å². The third-order valence-corrected chi connectivity index (χ3v) is 7.03. The Morgan fingerprint density at radius 1 is 1.13 bits per heavy atom. The van der Waals surface area contributed by atoms with Gasteiger partial charge in [0.1, 0.15) is 25.7 Å². The summed E-state index contributed by atoms with van der Waals surface area (Å²) >= 11 is 1.67. The van der Waals surface area contributed by atoms with Gasteiger partial charge in [0.2, 0.25) is 0 Å². The Morgan fingerprint density at radius 2 is 1.80 bits per heavy atom. The Hall–Kier alpha value is -1.60. The fourth-order valence-electron chi connectivity index (χ4n) is 3.89. The summed E-state index contributed by atoms with van der Waals surface area (Å²) in [6.45, 7) is 7.93. The number of nitrogens with two attached hydrogens (primary N) is 1. The lowest BCUT2D eigenvalue weighted by Gasteiger charge is -2.43. The molecule has 0 unspecified atom stereocenters. The van der Waals surface area contributed by atoms with Gasteiger partial charge in [-0.05, 0) is 42.2 Å². The summed E-state index contributed by atoms with van der Waals surface area (Å²) in [4.78, 5) is 13.8. The molecule has 1 amide bonds. The smallest absolute Gasteiger partial charge is 0.270 e. The topological polar surface area (TPSA) is 75.3 Å². The molecule has 2 atom stereocenters. The van der Waals surface area contributed by atoms with Crippen molar-refractivity contribution < 1.29 is 14.5 Å². The normalized spacial score (nSPS) is 18.7. The first kappa shape index (κ1) is 23.1. The summed E-state index contributed by atoms with van der Waals surface area (Å²) in [6, 6.07) is 14.3. The van der Waals surface area contributed by atoms with Crippen LogP contribution in [0.4, 0.5) is 0 Å². The molecule has 0 radical (unpaired) electrons. The van der Waals surface area contributed by atoms with E-state index in [1.165, 1.54) is 17.2 Å². The fourth-order valence-corrected chi connectivity index (χ4v) is 4.88. The number of hydrogen-bond acceptors (Lipinski definition) is 4. The second-order valence-electron chi connectivity index (χ2n) is 9.58. The van der Waals surface area contributed by atoms with Gasteiger partial charge in [0, 0.05) is 22.1 Å². The number of carbonyl (C=O) groups excluding carboxylic acids is 1. The first-order chi connectivity index (χ1) is 14.2. The molecule has 0 bridgehead atoms. The van der Waals surface area contributed by atoms with E-state index in [-0.39, 0.29) is 11.9 Å². The second-order valence-corrected chi connectivity index (χ2v) is 10.7. The lowest BCUT2D eigenvalue weighted by molar-refractivity contribution is -0.968. The average Bonchev–Trinajstić information content (AvgIpc) is 2.71. The molecule has 1 aliphatic heterocycles. The molecule has 2 aromatic carbocycles. The third kappa shape index (κ3) is 5.97. The van der Waals surface area contributed by atoms with Crippen molar-refractivity contribution in [2.75, 3.05) is 25.4 Å². The van der Waals surface area contributed by atoms with Crippen LogP contribution in [0.1, 0.15) is 40.0 Å². The summed E-state index contributed by atoms with van der Waals surface area (Å²) in [6.07, 6.45) is 2.61. The van der Waals surface area contributed by atoms with Crippen LogP contribution in [0.2, 0.25) is 0 Å². The van der Waals surface area contributed by atoms with Crippen molar-refractivity contribution in [1.29, 1.82) is 0 Å². The molecule has 1 aliphatic rings. The van der Waals surface area contributed by atoms with Crippen LogP contribution in [0.15, 0.2) is 47.4 Å². The first-order valence-electron chi connectivity index (χ1n) is 10.9. The molecule has 1 fully saturated rings. The van der Waals surface area contributed by atoms with Crippen LogP contribution < -0.4 is 11.2 Å². The number of quaternary nitrogens is 1. The number of thioether (sulfide) groups is 1. The molecule has 30 heavy (non-hydrogen) atoms. The van der Waals surface area contributed by atoms with E-state index in [1.807, 2.05) is 32.9 Å². The summed E-state index contributed by atoms with van der Waals surface area (Å²) in [5.41, 5.74) is 9.15. The first-order valence-corrected chi connectivity index (χ1v) is 11.9. The van der Waals surface area contributed by atoms with Crippen LogP contribution in [0.5, 0.6) is 0 Å². The summed E-state index contributed by atoms with van der Waals surface area (Å²) < 4.78 is 0.436. The van der Waals surface area contributed by atoms with E-state index < -0.39 is 11.5 Å². The van der Waals surface area contributed by atoms with Crippen LogP contribution in [0, 0.1) is 5.41 Å². The van der Waals surface area contributed by atoms with E-state index in [0.717, 1.165) is 30.8 Å². The van der Waals surface area contributed by atoms with Gasteiger partial charge in [0.25, 0.3) is 5.91 Å². The monoisotopic (exact) mass is 430 g/mol. The number of likely N-dealkylation sites (tertiary alicyclic amines) is 1. The van der Waals surface area contributed by atoms with E-state index in [1.54, 1.807) is 11.8 Å². The molecule has 3 rings (SSSR count). The van der Waals surface area contributed by atoms with Gasteiger partial charge in [-0.1, -0.05) is 51.1 Å². The maximum Gasteiger partial charge on any atom is 0.270 e. The Morgan fingerprint density at radius 3 is 2.47 bits per heavy atom. The third-order valence-electron chi connectivity index (χ3n) is 5.89. The number of aliphatic hydroxyl groups is 1. The highest BCUT2D eigenvalue weighted by molar-refractivity contribution is 7.99. The standard InChI is InChI=1S/C24H35N3O2S/c1-24(2,3)23(29)26-27(13-7-4-8-14-27)16-22(28)21(25)17-30-20-12-11-18-9-5-6-10-19(18)15-20/h5-6,9-12,15,21-22,28H,4,7-8,13-14,16-17,25H2,1-3H3/p+1/t21-,22+/m1/s1. The van der Waals surface area contributed by atoms with Crippen LogP contribution in [0.3, 0.4) is 0 Å². The number of carbonyl (C=O) groups is 1. The van der Waals surface area contributed by atoms with Crippen molar-refractivity contribution in [3.8, 4) is 0 Å². The highest BCUT2D eigenvalue weighted by Crippen LogP contribution is 2.25. The predicted molar refractivity (Wildman–Crippen MR) is 125 cm³/mol. The van der Waals surface area contributed by atoms with Crippen LogP contribution in [0.25, 0.3) is 10.8 Å². The van der Waals surface area contributed by atoms with E-state index in [0.29, 0.717) is 16.9 Å². The highest BCUT2D eigenvalue weighted by Gasteiger charge is 2.38. The zero-order valence-corrected chi connectivity index (χ0v) is 19.3. The van der Waals surface area contributed by atoms with Crippen molar-refractivity contribution in [2.45, 2.75) is 57.1 Å². The quantitative estimate of drug-likeness (QED) is 0.462. The largest absolute Gasteiger partial charge is 0.385 e. The minimum atomic E-state index is -0.670. The minimum absolute atomic E-state index is 0.0238. The molecular formula is C24H36N3O2S+. The van der Waals surface area contributed by atoms with Crippen LogP contribution in [-0.2, 0) is 4.79 Å². The Balaban J connectivity index is 1.61. The Labute approximate surface area is 184 Å². The lowest BCUT2D eigenvalue weighted by atomic mass is 9.96. The predicted octanol–water partition coefficient (Wildman–Crippen LogP) is 3.70. The van der Waals surface area contributed by atoms with Gasteiger partial charge >= 0.3 is 0 Å². The van der Waals surface area contributed by atoms with Crippen LogP contribution in [-0.4, -0.2) is 53.1 Å². The Kier molecular flexibility index (Phi) is 7.45. The lowest BCUT2D eigenvalue weighted by Crippen LogP contribution is -2.67. The molecule has 0 saturated carbocycles. The van der Waals surface area contributed by atoms with Crippen molar-refractivity contribution in [2.24, 2.45) is 11.1 Å². The zero-order chi connectivity index (χ0) is 21.8. The Bertz CT molecular complexity index is 859. The molecule has 1 saturated heterocycles. The molecule has 0 aromatic heterocycles. The minimum Gasteiger partial charge on any atom is -0.385 e. The number of rotatable bonds is 7. The molecule has 2 aromatic rings. The summed E-state index contributed by atoms with van der Waals surface area (Å²) in [5, 5.41) is 13.3. The number of piperidine rings is 1. The average molecular weight is 431 g/mol. The van der Waals surface area contributed by atoms with Crippen molar-refractivity contribution >= 4 is 28.4 Å². The molecule has 0 spiro atoms. The molecule has 4 N–H and O–H groups in total. The maximum absolute atomic E-state index is 12.7. The fraction of sp³-hybridized carbons (Fsp3) is 0.542. The van der Waals surface area contributed by atoms with E-state index in [9.17, 15) is 9.90 Å². The number of hydrogen-bond donors (Lipinski definition) is 3. The molecule has 1 heterocycles. The number of nitrogens with zero attached hydrogens (tertiary/aromatic N) is 1. The van der Waals surface area contributed by atoms with E-state index >= 15 is 0 Å².